The third-order valence-electron chi connectivity index (χ3n) is 6.61. The average Bonchev–Trinajstić information content (AvgIpc) is 3.49. The molecule has 174 valence electrons. The van der Waals surface area contributed by atoms with E-state index in [9.17, 15) is 9.18 Å². The maximum atomic E-state index is 13.4. The smallest absolute Gasteiger partial charge is 0.254 e. The van der Waals surface area contributed by atoms with Crippen LogP contribution in [0.3, 0.4) is 0 Å². The van der Waals surface area contributed by atoms with Crippen molar-refractivity contribution in [1.29, 1.82) is 0 Å². The van der Waals surface area contributed by atoms with Crippen molar-refractivity contribution in [2.45, 2.75) is 25.9 Å². The molecule has 3 aromatic carbocycles. The van der Waals surface area contributed by atoms with Crippen molar-refractivity contribution in [3.05, 3.63) is 117 Å². The van der Waals surface area contributed by atoms with Crippen LogP contribution in [0, 0.1) is 12.7 Å². The zero-order valence-corrected chi connectivity index (χ0v) is 19.1. The van der Waals surface area contributed by atoms with Crippen molar-refractivity contribution in [2.75, 3.05) is 11.4 Å². The number of nitrogens with one attached hydrogen (secondary N) is 1. The Bertz CT molecular complexity index is 1590. The number of fused-ring (bicyclic) bond motifs is 2. The molecule has 3 heterocycles. The minimum Gasteiger partial charge on any atom is -0.357 e. The van der Waals surface area contributed by atoms with Gasteiger partial charge in [-0.3, -0.25) is 4.79 Å². The molecular formula is C27H23FN6O. The summed E-state index contributed by atoms with van der Waals surface area (Å²) in [5.41, 5.74) is 5.46. The maximum absolute atomic E-state index is 13.4. The van der Waals surface area contributed by atoms with Crippen molar-refractivity contribution in [2.24, 2.45) is 0 Å². The number of pyridine rings is 1. The highest BCUT2D eigenvalue weighted by atomic mass is 19.1. The number of aromatic nitrogens is 5. The van der Waals surface area contributed by atoms with Gasteiger partial charge in [-0.25, -0.2) is 9.07 Å². The second-order valence-electron chi connectivity index (χ2n) is 8.94. The molecule has 0 saturated heterocycles. The summed E-state index contributed by atoms with van der Waals surface area (Å²) in [6.07, 6.45) is 0.872. The van der Waals surface area contributed by atoms with Crippen LogP contribution in [0.25, 0.3) is 10.9 Å². The van der Waals surface area contributed by atoms with Crippen LogP contribution in [0.1, 0.15) is 34.1 Å². The lowest BCUT2D eigenvalue weighted by Crippen LogP contribution is -2.34. The fourth-order valence-corrected chi connectivity index (χ4v) is 4.91. The SMILES string of the molecule is Cc1ccc2[nH]c(=O)c(C(c3nnnn3Cc3ccc(F)cc3)N3CCc4ccccc43)cc2c1. The van der Waals surface area contributed by atoms with Crippen LogP contribution in [-0.2, 0) is 13.0 Å². The Labute approximate surface area is 200 Å². The predicted octanol–water partition coefficient (Wildman–Crippen LogP) is 4.16. The number of tetrazole rings is 1. The summed E-state index contributed by atoms with van der Waals surface area (Å²) in [7, 11) is 0. The molecule has 0 amide bonds. The summed E-state index contributed by atoms with van der Waals surface area (Å²) in [4.78, 5) is 18.7. The molecule has 0 fully saturated rings. The molecule has 1 aliphatic rings. The van der Waals surface area contributed by atoms with Crippen molar-refractivity contribution in [3.63, 3.8) is 0 Å². The number of halogens is 1. The van der Waals surface area contributed by atoms with Crippen LogP contribution in [0.2, 0.25) is 0 Å². The summed E-state index contributed by atoms with van der Waals surface area (Å²) in [5, 5.41) is 13.6. The van der Waals surface area contributed by atoms with Gasteiger partial charge in [-0.15, -0.1) is 5.10 Å². The van der Waals surface area contributed by atoms with Crippen LogP contribution < -0.4 is 10.5 Å². The van der Waals surface area contributed by atoms with E-state index >= 15 is 0 Å². The molecule has 35 heavy (non-hydrogen) atoms. The first-order valence-electron chi connectivity index (χ1n) is 11.6. The second kappa shape index (κ2) is 8.47. The maximum Gasteiger partial charge on any atom is 0.254 e. The highest BCUT2D eigenvalue weighted by Gasteiger charge is 2.34. The van der Waals surface area contributed by atoms with Crippen LogP contribution in [0.5, 0.6) is 0 Å². The second-order valence-corrected chi connectivity index (χ2v) is 8.94. The molecule has 0 saturated carbocycles. The van der Waals surface area contributed by atoms with Crippen LogP contribution in [0.15, 0.2) is 77.6 Å². The number of H-pyrrole nitrogens is 1. The average molecular weight is 467 g/mol. The third kappa shape index (κ3) is 3.86. The Morgan fingerprint density at radius 3 is 2.74 bits per heavy atom. The first kappa shape index (κ1) is 21.2. The Kier molecular flexibility index (Phi) is 5.13. The number of aryl methyl sites for hydroxylation is 1. The summed E-state index contributed by atoms with van der Waals surface area (Å²) in [6, 6.07) is 21.9. The topological polar surface area (TPSA) is 79.7 Å². The zero-order chi connectivity index (χ0) is 23.9. The largest absolute Gasteiger partial charge is 0.357 e. The van der Waals surface area contributed by atoms with Gasteiger partial charge in [0.25, 0.3) is 5.56 Å². The minimum atomic E-state index is -0.497. The lowest BCUT2D eigenvalue weighted by molar-refractivity contribution is 0.576. The Balaban J connectivity index is 1.52. The van der Waals surface area contributed by atoms with E-state index in [-0.39, 0.29) is 11.4 Å². The molecule has 8 heteroatoms. The minimum absolute atomic E-state index is 0.174. The van der Waals surface area contributed by atoms with Gasteiger partial charge in [0.2, 0.25) is 0 Å². The molecule has 0 bridgehead atoms. The van der Waals surface area contributed by atoms with Gasteiger partial charge in [-0.1, -0.05) is 42.0 Å². The lowest BCUT2D eigenvalue weighted by atomic mass is 10.0. The molecule has 0 radical (unpaired) electrons. The van der Waals surface area contributed by atoms with E-state index in [1.807, 2.05) is 37.3 Å². The fourth-order valence-electron chi connectivity index (χ4n) is 4.91. The molecule has 1 aliphatic heterocycles. The van der Waals surface area contributed by atoms with Gasteiger partial charge in [0.15, 0.2) is 5.82 Å². The first-order chi connectivity index (χ1) is 17.1. The highest BCUT2D eigenvalue weighted by molar-refractivity contribution is 5.80. The predicted molar refractivity (Wildman–Crippen MR) is 132 cm³/mol. The van der Waals surface area contributed by atoms with Gasteiger partial charge < -0.3 is 9.88 Å². The van der Waals surface area contributed by atoms with E-state index < -0.39 is 6.04 Å². The lowest BCUT2D eigenvalue weighted by Gasteiger charge is -2.29. The van der Waals surface area contributed by atoms with Crippen LogP contribution in [-0.4, -0.2) is 31.7 Å². The molecule has 6 rings (SSSR count). The molecule has 7 nitrogen and oxygen atoms in total. The molecule has 1 unspecified atom stereocenters. The Morgan fingerprint density at radius 1 is 1.06 bits per heavy atom. The summed E-state index contributed by atoms with van der Waals surface area (Å²) < 4.78 is 15.1. The van der Waals surface area contributed by atoms with E-state index in [0.29, 0.717) is 17.9 Å². The zero-order valence-electron chi connectivity index (χ0n) is 19.1. The normalized spacial score (nSPS) is 13.8. The van der Waals surface area contributed by atoms with Crippen molar-refractivity contribution < 1.29 is 4.39 Å². The van der Waals surface area contributed by atoms with E-state index in [0.717, 1.165) is 40.7 Å². The van der Waals surface area contributed by atoms with Gasteiger partial charge >= 0.3 is 0 Å². The quantitative estimate of drug-likeness (QED) is 0.421. The van der Waals surface area contributed by atoms with Crippen molar-refractivity contribution in [3.8, 4) is 0 Å². The van der Waals surface area contributed by atoms with Crippen LogP contribution >= 0.6 is 0 Å². The fraction of sp³-hybridized carbons (Fsp3) is 0.185. The number of rotatable bonds is 5. The van der Waals surface area contributed by atoms with Gasteiger partial charge in [0.05, 0.1) is 6.54 Å². The molecular weight excluding hydrogens is 443 g/mol. The van der Waals surface area contributed by atoms with Gasteiger partial charge in [-0.05, 0) is 76.7 Å². The number of anilines is 1. The summed E-state index contributed by atoms with van der Waals surface area (Å²) in [6.45, 7) is 3.12. The molecule has 0 spiro atoms. The summed E-state index contributed by atoms with van der Waals surface area (Å²) in [5.74, 6) is 0.263. The highest BCUT2D eigenvalue weighted by Crippen LogP contribution is 2.37. The molecule has 0 aliphatic carbocycles. The number of hydrogen-bond donors (Lipinski definition) is 1. The molecule has 5 aromatic rings. The van der Waals surface area contributed by atoms with Gasteiger partial charge in [0, 0.05) is 23.3 Å². The monoisotopic (exact) mass is 466 g/mol. The number of benzene rings is 3. The molecule has 2 aromatic heterocycles. The number of para-hydroxylation sites is 1. The number of nitrogens with zero attached hydrogens (tertiary/aromatic N) is 5. The van der Waals surface area contributed by atoms with Gasteiger partial charge in [0.1, 0.15) is 11.9 Å². The first-order valence-corrected chi connectivity index (χ1v) is 11.6. The van der Waals surface area contributed by atoms with E-state index in [4.69, 9.17) is 0 Å². The summed E-state index contributed by atoms with van der Waals surface area (Å²) >= 11 is 0. The van der Waals surface area contributed by atoms with E-state index in [1.54, 1.807) is 16.8 Å². The van der Waals surface area contributed by atoms with Crippen molar-refractivity contribution in [1.82, 2.24) is 25.2 Å². The third-order valence-corrected chi connectivity index (χ3v) is 6.61. The Morgan fingerprint density at radius 2 is 1.89 bits per heavy atom. The van der Waals surface area contributed by atoms with Crippen LogP contribution in [0.4, 0.5) is 10.1 Å². The Hall–Kier alpha value is -4.33. The number of aromatic amines is 1. The molecule has 1 atom stereocenters. The standard InChI is InChI=1S/C27H23FN6O/c1-17-6-11-23-20(14-17)15-22(27(35)29-23)25(33-13-12-19-4-2-3-5-24(19)33)26-30-31-32-34(26)16-18-7-9-21(28)10-8-18/h2-11,14-15,25H,12-13,16H2,1H3,(H,29,35). The molecule has 1 N–H and O–H groups in total. The van der Waals surface area contributed by atoms with E-state index in [1.165, 1.54) is 17.7 Å². The van der Waals surface area contributed by atoms with Crippen molar-refractivity contribution >= 4 is 16.6 Å². The van der Waals surface area contributed by atoms with Gasteiger partial charge in [-0.2, -0.15) is 0 Å². The number of hydrogen-bond acceptors (Lipinski definition) is 5. The van der Waals surface area contributed by atoms with E-state index in [2.05, 4.69) is 43.6 Å².